The lowest BCUT2D eigenvalue weighted by Gasteiger charge is -2.38. The Morgan fingerprint density at radius 2 is 2.24 bits per heavy atom. The van der Waals surface area contributed by atoms with Crippen LogP contribution in [0, 0.1) is 5.92 Å². The molecule has 108 valence electrons. The Morgan fingerprint density at radius 3 is 3.14 bits per heavy atom. The number of hydrogen-bond acceptors (Lipinski definition) is 4. The van der Waals surface area contributed by atoms with Crippen molar-refractivity contribution in [3.05, 3.63) is 30.5 Å². The van der Waals surface area contributed by atoms with E-state index in [1.54, 1.807) is 6.20 Å². The van der Waals surface area contributed by atoms with Crippen LogP contribution in [0.2, 0.25) is 0 Å². The summed E-state index contributed by atoms with van der Waals surface area (Å²) in [6, 6.07) is 8.22. The minimum atomic E-state index is 0.114. The van der Waals surface area contributed by atoms with Gasteiger partial charge in [0, 0.05) is 30.4 Å². The molecule has 2 aliphatic rings. The molecule has 1 aromatic carbocycles. The van der Waals surface area contributed by atoms with Gasteiger partial charge in [-0.1, -0.05) is 0 Å². The molecule has 0 radical (unpaired) electrons. The Kier molecular flexibility index (Phi) is 2.74. The number of piperidine rings is 1. The van der Waals surface area contributed by atoms with Crippen LogP contribution in [0.25, 0.3) is 10.9 Å². The first-order chi connectivity index (χ1) is 10.3. The van der Waals surface area contributed by atoms with Crippen molar-refractivity contribution in [1.29, 1.82) is 0 Å². The van der Waals surface area contributed by atoms with Crippen molar-refractivity contribution in [1.82, 2.24) is 10.3 Å². The smallest absolute Gasteiger partial charge is 0.225 e. The maximum Gasteiger partial charge on any atom is 0.225 e. The highest BCUT2D eigenvalue weighted by Crippen LogP contribution is 2.36. The molecule has 0 bridgehead atoms. The lowest BCUT2D eigenvalue weighted by molar-refractivity contribution is -0.122. The zero-order valence-corrected chi connectivity index (χ0v) is 11.7. The number of benzene rings is 1. The first-order valence-corrected chi connectivity index (χ1v) is 7.43. The Morgan fingerprint density at radius 1 is 1.33 bits per heavy atom. The van der Waals surface area contributed by atoms with Crippen LogP contribution in [0.4, 0.5) is 11.4 Å². The van der Waals surface area contributed by atoms with E-state index in [9.17, 15) is 4.79 Å². The van der Waals surface area contributed by atoms with E-state index >= 15 is 0 Å². The summed E-state index contributed by atoms with van der Waals surface area (Å²) in [5, 5.41) is 4.07. The molecule has 2 atom stereocenters. The zero-order chi connectivity index (χ0) is 14.4. The van der Waals surface area contributed by atoms with Crippen molar-refractivity contribution in [3.63, 3.8) is 0 Å². The van der Waals surface area contributed by atoms with E-state index in [0.29, 0.717) is 5.69 Å². The van der Waals surface area contributed by atoms with E-state index in [1.165, 1.54) is 0 Å². The van der Waals surface area contributed by atoms with Crippen molar-refractivity contribution >= 4 is 28.2 Å². The van der Waals surface area contributed by atoms with Crippen molar-refractivity contribution < 1.29 is 4.79 Å². The number of hydrogen-bond donors (Lipinski definition) is 2. The maximum atomic E-state index is 11.9. The fourth-order valence-corrected chi connectivity index (χ4v) is 3.68. The molecule has 1 amide bonds. The number of nitrogens with one attached hydrogen (secondary N) is 1. The van der Waals surface area contributed by atoms with E-state index in [2.05, 4.69) is 27.3 Å². The largest absolute Gasteiger partial charge is 0.397 e. The molecule has 1 aromatic heterocycles. The van der Waals surface area contributed by atoms with Gasteiger partial charge in [-0.2, -0.15) is 0 Å². The number of carbonyl (C=O) groups is 1. The highest BCUT2D eigenvalue weighted by Gasteiger charge is 2.41. The van der Waals surface area contributed by atoms with Gasteiger partial charge in [-0.15, -0.1) is 0 Å². The SMILES string of the molecule is Nc1ccc(N2CCCC3C(=O)NCC32)c2cccnc12. The van der Waals surface area contributed by atoms with Gasteiger partial charge in [0.2, 0.25) is 5.91 Å². The summed E-state index contributed by atoms with van der Waals surface area (Å²) in [4.78, 5) is 18.7. The second kappa shape index (κ2) is 4.62. The minimum Gasteiger partial charge on any atom is -0.397 e. The number of aromatic nitrogens is 1. The van der Waals surface area contributed by atoms with Gasteiger partial charge >= 0.3 is 0 Å². The molecule has 2 fully saturated rings. The lowest BCUT2D eigenvalue weighted by Crippen LogP contribution is -2.45. The van der Waals surface area contributed by atoms with Gasteiger partial charge in [0.1, 0.15) is 0 Å². The van der Waals surface area contributed by atoms with Crippen molar-refractivity contribution in [2.24, 2.45) is 5.92 Å². The summed E-state index contributed by atoms with van der Waals surface area (Å²) < 4.78 is 0. The molecular formula is C16H18N4O. The van der Waals surface area contributed by atoms with E-state index in [4.69, 9.17) is 5.73 Å². The molecule has 3 heterocycles. The van der Waals surface area contributed by atoms with Gasteiger partial charge in [0.05, 0.1) is 23.2 Å². The van der Waals surface area contributed by atoms with Crippen LogP contribution in [-0.4, -0.2) is 30.0 Å². The third-order valence-electron chi connectivity index (χ3n) is 4.69. The van der Waals surface area contributed by atoms with Gasteiger partial charge in [-0.25, -0.2) is 0 Å². The Bertz CT molecular complexity index is 714. The van der Waals surface area contributed by atoms with E-state index < -0.39 is 0 Å². The fraction of sp³-hybridized carbons (Fsp3) is 0.375. The number of pyridine rings is 1. The predicted octanol–water partition coefficient (Wildman–Crippen LogP) is 1.53. The molecule has 0 spiro atoms. The van der Waals surface area contributed by atoms with Gasteiger partial charge in [0.25, 0.3) is 0 Å². The van der Waals surface area contributed by atoms with Crippen LogP contribution in [0.5, 0.6) is 0 Å². The average molecular weight is 282 g/mol. The molecule has 2 unspecified atom stereocenters. The molecule has 5 nitrogen and oxygen atoms in total. The zero-order valence-electron chi connectivity index (χ0n) is 11.7. The summed E-state index contributed by atoms with van der Waals surface area (Å²) >= 11 is 0. The Labute approximate surface area is 123 Å². The number of nitrogen functional groups attached to an aromatic ring is 1. The number of fused-ring (bicyclic) bond motifs is 2. The molecule has 2 saturated heterocycles. The average Bonchev–Trinajstić information content (AvgIpc) is 2.90. The minimum absolute atomic E-state index is 0.114. The molecule has 2 aliphatic heterocycles. The first-order valence-electron chi connectivity index (χ1n) is 7.43. The second-order valence-electron chi connectivity index (χ2n) is 5.83. The van der Waals surface area contributed by atoms with Crippen LogP contribution >= 0.6 is 0 Å². The van der Waals surface area contributed by atoms with Gasteiger partial charge in [0.15, 0.2) is 0 Å². The van der Waals surface area contributed by atoms with E-state index in [1.807, 2.05) is 12.1 Å². The predicted molar refractivity (Wildman–Crippen MR) is 83.0 cm³/mol. The summed E-state index contributed by atoms with van der Waals surface area (Å²) in [7, 11) is 0. The van der Waals surface area contributed by atoms with Gasteiger partial charge in [-0.05, 0) is 37.1 Å². The lowest BCUT2D eigenvalue weighted by atomic mass is 9.90. The number of nitrogens with two attached hydrogens (primary N) is 1. The Hall–Kier alpha value is -2.30. The highest BCUT2D eigenvalue weighted by molar-refractivity contribution is 5.99. The number of rotatable bonds is 1. The highest BCUT2D eigenvalue weighted by atomic mass is 16.2. The summed E-state index contributed by atoms with van der Waals surface area (Å²) in [6.45, 7) is 1.71. The van der Waals surface area contributed by atoms with Crippen molar-refractivity contribution in [2.75, 3.05) is 23.7 Å². The summed E-state index contributed by atoms with van der Waals surface area (Å²) in [5.74, 6) is 0.311. The van der Waals surface area contributed by atoms with Crippen LogP contribution < -0.4 is 16.0 Å². The summed E-state index contributed by atoms with van der Waals surface area (Å²) in [5.41, 5.74) is 8.71. The first kappa shape index (κ1) is 12.4. The fourth-order valence-electron chi connectivity index (χ4n) is 3.68. The molecule has 0 aliphatic carbocycles. The molecule has 3 N–H and O–H groups in total. The third-order valence-corrected chi connectivity index (χ3v) is 4.69. The normalized spacial score (nSPS) is 25.0. The third kappa shape index (κ3) is 1.84. The van der Waals surface area contributed by atoms with Crippen LogP contribution in [0.15, 0.2) is 30.5 Å². The molecule has 4 rings (SSSR count). The molecular weight excluding hydrogens is 264 g/mol. The number of nitrogens with zero attached hydrogens (tertiary/aromatic N) is 2. The van der Waals surface area contributed by atoms with Gasteiger partial charge in [-0.3, -0.25) is 9.78 Å². The van der Waals surface area contributed by atoms with Crippen molar-refractivity contribution in [3.8, 4) is 0 Å². The van der Waals surface area contributed by atoms with Crippen LogP contribution in [0.1, 0.15) is 12.8 Å². The number of amides is 1. The number of anilines is 2. The standard InChI is InChI=1S/C16H18N4O/c17-12-5-6-13(10-3-1-7-18-15(10)12)20-8-2-4-11-14(20)9-19-16(11)21/h1,3,5-7,11,14H,2,4,8-9,17H2,(H,19,21). The van der Waals surface area contributed by atoms with Crippen LogP contribution in [-0.2, 0) is 4.79 Å². The summed E-state index contributed by atoms with van der Waals surface area (Å²) in [6.07, 6.45) is 3.79. The molecule has 0 saturated carbocycles. The van der Waals surface area contributed by atoms with Gasteiger partial charge < -0.3 is 16.0 Å². The quantitative estimate of drug-likeness (QED) is 0.778. The monoisotopic (exact) mass is 282 g/mol. The van der Waals surface area contributed by atoms with E-state index in [-0.39, 0.29) is 17.9 Å². The molecule has 21 heavy (non-hydrogen) atoms. The van der Waals surface area contributed by atoms with E-state index in [0.717, 1.165) is 42.5 Å². The second-order valence-corrected chi connectivity index (χ2v) is 5.83. The maximum absolute atomic E-state index is 11.9. The molecule has 5 heteroatoms. The van der Waals surface area contributed by atoms with Crippen LogP contribution in [0.3, 0.4) is 0 Å². The topological polar surface area (TPSA) is 71.2 Å². The van der Waals surface area contributed by atoms with Crippen molar-refractivity contribution in [2.45, 2.75) is 18.9 Å². The Balaban J connectivity index is 1.83. The number of carbonyl (C=O) groups excluding carboxylic acids is 1. The molecule has 2 aromatic rings.